The van der Waals surface area contributed by atoms with E-state index in [4.69, 9.17) is 0 Å². The highest BCUT2D eigenvalue weighted by Gasteiger charge is 2.13. The normalized spacial score (nSPS) is 24.3. The number of nitrogens with one attached hydrogen (secondary N) is 1. The van der Waals surface area contributed by atoms with Gasteiger partial charge < -0.3 is 5.32 Å². The SMILES string of the molecule is CC(C)CC1CCCCN1.CCCCC1CCCCC1. The molecule has 1 saturated heterocycles. The fraction of sp³-hybridized carbons (Fsp3) is 1.00. The summed E-state index contributed by atoms with van der Waals surface area (Å²) < 4.78 is 0. The van der Waals surface area contributed by atoms with Gasteiger partial charge in [-0.3, -0.25) is 0 Å². The Labute approximate surface area is 128 Å². The van der Waals surface area contributed by atoms with Crippen molar-refractivity contribution in [1.29, 1.82) is 0 Å². The Hall–Kier alpha value is -0.0400. The fourth-order valence-electron chi connectivity index (χ4n) is 3.66. The Morgan fingerprint density at radius 1 is 0.950 bits per heavy atom. The van der Waals surface area contributed by atoms with Gasteiger partial charge in [-0.25, -0.2) is 0 Å². The summed E-state index contributed by atoms with van der Waals surface area (Å²) in [6.45, 7) is 8.15. The van der Waals surface area contributed by atoms with Crippen LogP contribution in [-0.4, -0.2) is 12.6 Å². The van der Waals surface area contributed by atoms with Crippen molar-refractivity contribution in [2.75, 3.05) is 6.54 Å². The van der Waals surface area contributed by atoms with Crippen LogP contribution in [0.4, 0.5) is 0 Å². The molecule has 2 fully saturated rings. The number of rotatable bonds is 5. The van der Waals surface area contributed by atoms with E-state index in [0.717, 1.165) is 17.9 Å². The summed E-state index contributed by atoms with van der Waals surface area (Å²) in [7, 11) is 0. The van der Waals surface area contributed by atoms with E-state index >= 15 is 0 Å². The highest BCUT2D eigenvalue weighted by molar-refractivity contribution is 4.72. The topological polar surface area (TPSA) is 12.0 Å². The Bertz CT molecular complexity index is 200. The molecule has 0 aromatic carbocycles. The van der Waals surface area contributed by atoms with Crippen LogP contribution in [0.2, 0.25) is 0 Å². The quantitative estimate of drug-likeness (QED) is 0.658. The summed E-state index contributed by atoms with van der Waals surface area (Å²) in [6.07, 6.45) is 17.5. The van der Waals surface area contributed by atoms with E-state index < -0.39 is 0 Å². The second kappa shape index (κ2) is 11.6. The second-order valence-corrected chi connectivity index (χ2v) is 7.42. The summed E-state index contributed by atoms with van der Waals surface area (Å²) in [5.41, 5.74) is 0. The molecule has 1 atom stereocenters. The number of hydrogen-bond acceptors (Lipinski definition) is 1. The molecule has 0 bridgehead atoms. The number of unbranched alkanes of at least 4 members (excludes halogenated alkanes) is 1. The van der Waals surface area contributed by atoms with Crippen molar-refractivity contribution >= 4 is 0 Å². The minimum absolute atomic E-state index is 0.828. The van der Waals surface area contributed by atoms with Gasteiger partial charge in [-0.15, -0.1) is 0 Å². The van der Waals surface area contributed by atoms with Crippen molar-refractivity contribution in [3.63, 3.8) is 0 Å². The molecular formula is C19H39N. The molecule has 0 amide bonds. The van der Waals surface area contributed by atoms with Crippen molar-refractivity contribution in [2.45, 2.75) is 104 Å². The molecule has 1 aliphatic heterocycles. The molecule has 0 radical (unpaired) electrons. The van der Waals surface area contributed by atoms with Gasteiger partial charge in [0.25, 0.3) is 0 Å². The monoisotopic (exact) mass is 281 g/mol. The van der Waals surface area contributed by atoms with E-state index in [1.807, 2.05) is 0 Å². The van der Waals surface area contributed by atoms with Gasteiger partial charge >= 0.3 is 0 Å². The minimum Gasteiger partial charge on any atom is -0.314 e. The molecule has 1 N–H and O–H groups in total. The van der Waals surface area contributed by atoms with E-state index in [2.05, 4.69) is 26.1 Å². The van der Waals surface area contributed by atoms with Crippen LogP contribution in [0.5, 0.6) is 0 Å². The highest BCUT2D eigenvalue weighted by Crippen LogP contribution is 2.27. The molecule has 20 heavy (non-hydrogen) atoms. The van der Waals surface area contributed by atoms with Crippen LogP contribution >= 0.6 is 0 Å². The van der Waals surface area contributed by atoms with Gasteiger partial charge in [0.1, 0.15) is 0 Å². The summed E-state index contributed by atoms with van der Waals surface area (Å²) in [4.78, 5) is 0. The third kappa shape index (κ3) is 9.00. The van der Waals surface area contributed by atoms with Crippen molar-refractivity contribution in [1.82, 2.24) is 5.32 Å². The predicted molar refractivity (Wildman–Crippen MR) is 91.2 cm³/mol. The lowest BCUT2D eigenvalue weighted by atomic mass is 9.86. The fourth-order valence-corrected chi connectivity index (χ4v) is 3.66. The third-order valence-electron chi connectivity index (χ3n) is 4.86. The molecule has 2 aliphatic rings. The second-order valence-electron chi connectivity index (χ2n) is 7.42. The zero-order chi connectivity index (χ0) is 14.6. The van der Waals surface area contributed by atoms with Crippen LogP contribution in [0, 0.1) is 11.8 Å². The largest absolute Gasteiger partial charge is 0.314 e. The Morgan fingerprint density at radius 2 is 1.65 bits per heavy atom. The lowest BCUT2D eigenvalue weighted by molar-refractivity contribution is 0.331. The molecule has 1 aliphatic carbocycles. The van der Waals surface area contributed by atoms with E-state index in [0.29, 0.717) is 0 Å². The molecule has 0 aromatic rings. The van der Waals surface area contributed by atoms with E-state index in [9.17, 15) is 0 Å². The van der Waals surface area contributed by atoms with Crippen LogP contribution in [0.15, 0.2) is 0 Å². The molecule has 1 unspecified atom stereocenters. The minimum atomic E-state index is 0.828. The first-order chi connectivity index (χ1) is 9.72. The van der Waals surface area contributed by atoms with Gasteiger partial charge in [0, 0.05) is 6.04 Å². The molecule has 1 heteroatoms. The zero-order valence-electron chi connectivity index (χ0n) is 14.4. The van der Waals surface area contributed by atoms with Crippen molar-refractivity contribution in [2.24, 2.45) is 11.8 Å². The maximum absolute atomic E-state index is 3.55. The van der Waals surface area contributed by atoms with Crippen LogP contribution < -0.4 is 5.32 Å². The van der Waals surface area contributed by atoms with Gasteiger partial charge in [-0.1, -0.05) is 78.6 Å². The van der Waals surface area contributed by atoms with Gasteiger partial charge in [-0.05, 0) is 37.6 Å². The van der Waals surface area contributed by atoms with Crippen molar-refractivity contribution in [3.8, 4) is 0 Å². The standard InChI is InChI=1S/C10H20.C9H19N/c1-2-3-7-10-8-5-4-6-9-10;1-8(2)7-9-5-3-4-6-10-9/h10H,2-9H2,1H3;8-10H,3-7H2,1-2H3. The number of hydrogen-bond donors (Lipinski definition) is 1. The lowest BCUT2D eigenvalue weighted by Gasteiger charge is -2.24. The van der Waals surface area contributed by atoms with Gasteiger partial charge in [-0.2, -0.15) is 0 Å². The third-order valence-corrected chi connectivity index (χ3v) is 4.86. The zero-order valence-corrected chi connectivity index (χ0v) is 14.4. The molecule has 0 aromatic heterocycles. The predicted octanol–water partition coefficient (Wildman–Crippen LogP) is 5.93. The summed E-state index contributed by atoms with van der Waals surface area (Å²) in [5.74, 6) is 1.96. The first kappa shape index (κ1) is 18.0. The van der Waals surface area contributed by atoms with Gasteiger partial charge in [0.2, 0.25) is 0 Å². The van der Waals surface area contributed by atoms with Crippen LogP contribution in [0.25, 0.3) is 0 Å². The summed E-state index contributed by atoms with van der Waals surface area (Å²) in [5, 5.41) is 3.55. The molecule has 2 rings (SSSR count). The smallest absolute Gasteiger partial charge is 0.00695 e. The highest BCUT2D eigenvalue weighted by atomic mass is 14.9. The van der Waals surface area contributed by atoms with Crippen LogP contribution in [0.1, 0.15) is 97.8 Å². The average Bonchev–Trinajstić information content (AvgIpc) is 2.47. The van der Waals surface area contributed by atoms with Crippen molar-refractivity contribution < 1.29 is 0 Å². The van der Waals surface area contributed by atoms with Gasteiger partial charge in [0.15, 0.2) is 0 Å². The van der Waals surface area contributed by atoms with E-state index in [1.54, 1.807) is 0 Å². The maximum Gasteiger partial charge on any atom is 0.00695 e. The Morgan fingerprint density at radius 3 is 2.20 bits per heavy atom. The first-order valence-corrected chi connectivity index (χ1v) is 9.45. The molecule has 120 valence electrons. The molecule has 1 nitrogen and oxygen atoms in total. The Balaban J connectivity index is 0.000000200. The molecule has 1 heterocycles. The van der Waals surface area contributed by atoms with Crippen LogP contribution in [-0.2, 0) is 0 Å². The molecule has 0 spiro atoms. The summed E-state index contributed by atoms with van der Waals surface area (Å²) >= 11 is 0. The molecular weight excluding hydrogens is 242 g/mol. The van der Waals surface area contributed by atoms with Crippen molar-refractivity contribution in [3.05, 3.63) is 0 Å². The average molecular weight is 282 g/mol. The summed E-state index contributed by atoms with van der Waals surface area (Å²) in [6, 6.07) is 0.828. The number of piperidine rings is 1. The molecule has 1 saturated carbocycles. The maximum atomic E-state index is 3.55. The lowest BCUT2D eigenvalue weighted by Crippen LogP contribution is -2.34. The van der Waals surface area contributed by atoms with Crippen LogP contribution in [0.3, 0.4) is 0 Å². The van der Waals surface area contributed by atoms with Gasteiger partial charge in [0.05, 0.1) is 0 Å². The van der Waals surface area contributed by atoms with E-state index in [1.165, 1.54) is 83.6 Å². The Kier molecular flexibility index (Phi) is 10.4. The van der Waals surface area contributed by atoms with E-state index in [-0.39, 0.29) is 0 Å². The first-order valence-electron chi connectivity index (χ1n) is 9.45.